The van der Waals surface area contributed by atoms with Gasteiger partial charge in [-0.05, 0) is 30.5 Å². The summed E-state index contributed by atoms with van der Waals surface area (Å²) in [5, 5.41) is 11.6. The molecule has 1 aliphatic carbocycles. The van der Waals surface area contributed by atoms with Gasteiger partial charge in [-0.3, -0.25) is 4.79 Å². The van der Waals surface area contributed by atoms with E-state index in [9.17, 15) is 14.4 Å². The van der Waals surface area contributed by atoms with Gasteiger partial charge in [0.25, 0.3) is 0 Å². The summed E-state index contributed by atoms with van der Waals surface area (Å²) in [6.45, 7) is 0.0223. The van der Waals surface area contributed by atoms with Gasteiger partial charge >= 0.3 is 12.1 Å². The number of nitrogens with zero attached hydrogens (tertiary/aromatic N) is 1. The third-order valence-corrected chi connectivity index (χ3v) is 4.03. The Labute approximate surface area is 146 Å². The second-order valence-electron chi connectivity index (χ2n) is 6.09. The number of benzene rings is 1. The molecule has 134 valence electrons. The fraction of sp³-hybridized carbons (Fsp3) is 0.389. The maximum atomic E-state index is 12.2. The maximum absolute atomic E-state index is 12.2. The zero-order chi connectivity index (χ0) is 18.4. The van der Waals surface area contributed by atoms with E-state index in [2.05, 4.69) is 5.32 Å². The summed E-state index contributed by atoms with van der Waals surface area (Å²) in [5.74, 6) is -1.34. The number of hydrogen-bond acceptors (Lipinski definition) is 4. The van der Waals surface area contributed by atoms with E-state index in [0.717, 1.165) is 6.42 Å². The first-order valence-corrected chi connectivity index (χ1v) is 8.02. The number of carbonyl (C=O) groups is 3. The minimum atomic E-state index is -1.01. The molecule has 0 fully saturated rings. The van der Waals surface area contributed by atoms with E-state index in [4.69, 9.17) is 9.84 Å². The zero-order valence-corrected chi connectivity index (χ0v) is 14.3. The van der Waals surface area contributed by atoms with Crippen LogP contribution < -0.4 is 5.32 Å². The Kier molecular flexibility index (Phi) is 6.16. The summed E-state index contributed by atoms with van der Waals surface area (Å²) >= 11 is 0. The van der Waals surface area contributed by atoms with Crippen molar-refractivity contribution in [3.05, 3.63) is 47.5 Å². The highest BCUT2D eigenvalue weighted by Gasteiger charge is 2.30. The number of nitrogens with one attached hydrogen (secondary N) is 1. The zero-order valence-electron chi connectivity index (χ0n) is 14.3. The molecule has 2 amide bonds. The van der Waals surface area contributed by atoms with E-state index >= 15 is 0 Å². The van der Waals surface area contributed by atoms with E-state index in [1.54, 1.807) is 26.2 Å². The van der Waals surface area contributed by atoms with Gasteiger partial charge in [0, 0.05) is 14.1 Å². The second kappa shape index (κ2) is 8.32. The number of hydrogen-bond donors (Lipinski definition) is 2. The monoisotopic (exact) mass is 346 g/mol. The molecule has 0 aliphatic heterocycles. The molecule has 1 aliphatic rings. The quantitative estimate of drug-likeness (QED) is 0.796. The summed E-state index contributed by atoms with van der Waals surface area (Å²) in [7, 11) is 3.38. The van der Waals surface area contributed by atoms with E-state index in [0.29, 0.717) is 12.0 Å². The Morgan fingerprint density at radius 3 is 2.52 bits per heavy atom. The maximum Gasteiger partial charge on any atom is 0.407 e. The molecule has 2 unspecified atom stereocenters. The molecule has 2 atom stereocenters. The van der Waals surface area contributed by atoms with Crippen molar-refractivity contribution in [3.8, 4) is 0 Å². The Morgan fingerprint density at radius 1 is 1.24 bits per heavy atom. The van der Waals surface area contributed by atoms with Crippen LogP contribution in [0.1, 0.15) is 28.8 Å². The number of aromatic carboxylic acids is 1. The summed E-state index contributed by atoms with van der Waals surface area (Å²) in [6.07, 6.45) is 4.62. The summed E-state index contributed by atoms with van der Waals surface area (Å²) in [5.41, 5.74) is 0.853. The number of carbonyl (C=O) groups excluding carboxylic acids is 2. The molecule has 25 heavy (non-hydrogen) atoms. The lowest BCUT2D eigenvalue weighted by molar-refractivity contribution is -0.133. The number of rotatable bonds is 5. The molecule has 0 saturated heterocycles. The first-order valence-electron chi connectivity index (χ1n) is 8.02. The van der Waals surface area contributed by atoms with Gasteiger partial charge in [-0.1, -0.05) is 24.3 Å². The summed E-state index contributed by atoms with van der Waals surface area (Å²) in [4.78, 5) is 36.5. The van der Waals surface area contributed by atoms with Crippen LogP contribution in [0.4, 0.5) is 4.79 Å². The van der Waals surface area contributed by atoms with Crippen molar-refractivity contribution in [2.45, 2.75) is 25.5 Å². The number of carboxylic acids is 1. The first-order chi connectivity index (χ1) is 11.9. The Morgan fingerprint density at radius 2 is 1.92 bits per heavy atom. The van der Waals surface area contributed by atoms with Crippen molar-refractivity contribution in [1.29, 1.82) is 0 Å². The number of alkyl carbamates (subject to hydrolysis) is 1. The summed E-state index contributed by atoms with van der Waals surface area (Å²) in [6, 6.07) is 5.69. The van der Waals surface area contributed by atoms with Gasteiger partial charge in [-0.2, -0.15) is 0 Å². The van der Waals surface area contributed by atoms with E-state index in [1.165, 1.54) is 17.0 Å². The number of amides is 2. The van der Waals surface area contributed by atoms with E-state index < -0.39 is 18.1 Å². The molecule has 2 N–H and O–H groups in total. The number of carboxylic acid groups (broad SMARTS) is 1. The first kappa shape index (κ1) is 18.5. The topological polar surface area (TPSA) is 95.9 Å². The predicted molar refractivity (Wildman–Crippen MR) is 91.1 cm³/mol. The second-order valence-corrected chi connectivity index (χ2v) is 6.09. The van der Waals surface area contributed by atoms with Crippen LogP contribution in [0.25, 0.3) is 0 Å². The highest BCUT2D eigenvalue weighted by molar-refractivity contribution is 5.87. The van der Waals surface area contributed by atoms with Crippen molar-refractivity contribution in [2.75, 3.05) is 14.1 Å². The third-order valence-electron chi connectivity index (χ3n) is 4.03. The molecule has 7 heteroatoms. The fourth-order valence-electron chi connectivity index (χ4n) is 2.66. The van der Waals surface area contributed by atoms with Gasteiger partial charge in [-0.15, -0.1) is 0 Å². The van der Waals surface area contributed by atoms with E-state index in [1.807, 2.05) is 12.2 Å². The SMILES string of the molecule is CN(C)C(=O)C1CCC=CC1NC(=O)OCc1ccc(C(=O)O)cc1. The molecule has 0 radical (unpaired) electrons. The lowest BCUT2D eigenvalue weighted by atomic mass is 9.88. The van der Waals surface area contributed by atoms with Gasteiger partial charge in [0.2, 0.25) is 5.91 Å². The molecule has 7 nitrogen and oxygen atoms in total. The van der Waals surface area contributed by atoms with Crippen LogP contribution in [0.5, 0.6) is 0 Å². The average Bonchev–Trinajstić information content (AvgIpc) is 2.60. The van der Waals surface area contributed by atoms with Crippen molar-refractivity contribution in [3.63, 3.8) is 0 Å². The summed E-state index contributed by atoms with van der Waals surface area (Å²) < 4.78 is 5.16. The van der Waals surface area contributed by atoms with Crippen LogP contribution in [0.15, 0.2) is 36.4 Å². The van der Waals surface area contributed by atoms with Crippen molar-refractivity contribution in [2.24, 2.45) is 5.92 Å². The Hall–Kier alpha value is -2.83. The lowest BCUT2D eigenvalue weighted by Gasteiger charge is -2.29. The van der Waals surface area contributed by atoms with Crippen molar-refractivity contribution in [1.82, 2.24) is 10.2 Å². The van der Waals surface area contributed by atoms with Crippen LogP contribution >= 0.6 is 0 Å². The third kappa shape index (κ3) is 5.07. The molecule has 0 saturated carbocycles. The van der Waals surface area contributed by atoms with Crippen molar-refractivity contribution >= 4 is 18.0 Å². The molecule has 1 aromatic carbocycles. The largest absolute Gasteiger partial charge is 0.478 e. The molecule has 2 rings (SSSR count). The average molecular weight is 346 g/mol. The van der Waals surface area contributed by atoms with Crippen LogP contribution in [0.2, 0.25) is 0 Å². The Bertz CT molecular complexity index is 667. The number of ether oxygens (including phenoxy) is 1. The van der Waals surface area contributed by atoms with E-state index in [-0.39, 0.29) is 24.0 Å². The molecule has 0 heterocycles. The van der Waals surface area contributed by atoms with Crippen LogP contribution in [-0.4, -0.2) is 48.1 Å². The van der Waals surface area contributed by atoms with Gasteiger partial charge in [0.05, 0.1) is 17.5 Å². The standard InChI is InChI=1S/C18H22N2O5/c1-20(2)16(21)14-5-3-4-6-15(14)19-18(24)25-11-12-7-9-13(10-8-12)17(22)23/h4,6-10,14-15H,3,5,11H2,1-2H3,(H,19,24)(H,22,23). The normalized spacial score (nSPS) is 19.1. The smallest absolute Gasteiger partial charge is 0.407 e. The highest BCUT2D eigenvalue weighted by Crippen LogP contribution is 2.21. The molecule has 0 aromatic heterocycles. The minimum Gasteiger partial charge on any atom is -0.478 e. The van der Waals surface area contributed by atoms with Crippen LogP contribution in [0.3, 0.4) is 0 Å². The van der Waals surface area contributed by atoms with Gasteiger partial charge < -0.3 is 20.1 Å². The van der Waals surface area contributed by atoms with Gasteiger partial charge in [0.1, 0.15) is 6.61 Å². The lowest BCUT2D eigenvalue weighted by Crippen LogP contribution is -2.46. The van der Waals surface area contributed by atoms with Crippen LogP contribution in [0, 0.1) is 5.92 Å². The molecular weight excluding hydrogens is 324 g/mol. The van der Waals surface area contributed by atoms with Crippen LogP contribution in [-0.2, 0) is 16.1 Å². The molecule has 0 spiro atoms. The highest BCUT2D eigenvalue weighted by atomic mass is 16.5. The molecule has 0 bridgehead atoms. The van der Waals surface area contributed by atoms with Crippen molar-refractivity contribution < 1.29 is 24.2 Å². The minimum absolute atomic E-state index is 0.0223. The molecular formula is C18H22N2O5. The fourth-order valence-corrected chi connectivity index (χ4v) is 2.66. The number of allylic oxidation sites excluding steroid dienone is 1. The molecule has 1 aromatic rings. The Balaban J connectivity index is 1.90. The predicted octanol–water partition coefficient (Wildman–Crippen LogP) is 2.03. The van der Waals surface area contributed by atoms with Gasteiger partial charge in [0.15, 0.2) is 0 Å². The van der Waals surface area contributed by atoms with Gasteiger partial charge in [-0.25, -0.2) is 9.59 Å².